The third-order valence-corrected chi connectivity index (χ3v) is 4.86. The van der Waals surface area contributed by atoms with Gasteiger partial charge in [0.1, 0.15) is 6.04 Å². The van der Waals surface area contributed by atoms with Gasteiger partial charge in [0, 0.05) is 12.2 Å². The summed E-state index contributed by atoms with van der Waals surface area (Å²) in [5, 5.41) is 5.15. The van der Waals surface area contributed by atoms with Crippen LogP contribution in [0.25, 0.3) is 10.8 Å². The fraction of sp³-hybridized carbons (Fsp3) is 0.400. The number of benzene rings is 2. The molecule has 1 fully saturated rings. The molecule has 5 nitrogen and oxygen atoms in total. The number of fused-ring (bicyclic) bond motifs is 1. The maximum Gasteiger partial charge on any atom is 0.247 e. The monoisotopic (exact) mass is 339 g/mol. The van der Waals surface area contributed by atoms with Gasteiger partial charge in [-0.25, -0.2) is 0 Å². The first-order valence-electron chi connectivity index (χ1n) is 8.83. The minimum absolute atomic E-state index is 0.0531. The molecule has 1 aliphatic rings. The van der Waals surface area contributed by atoms with Crippen LogP contribution >= 0.6 is 0 Å². The molecule has 0 aromatic heterocycles. The van der Waals surface area contributed by atoms with E-state index in [1.807, 2.05) is 56.3 Å². The third-order valence-electron chi connectivity index (χ3n) is 4.86. The molecule has 0 radical (unpaired) electrons. The Morgan fingerprint density at radius 1 is 1.16 bits per heavy atom. The highest BCUT2D eigenvalue weighted by molar-refractivity contribution is 5.99. The molecule has 0 aliphatic carbocycles. The van der Waals surface area contributed by atoms with Crippen LogP contribution in [0.4, 0.5) is 5.69 Å². The van der Waals surface area contributed by atoms with Crippen LogP contribution in [0.1, 0.15) is 26.7 Å². The summed E-state index contributed by atoms with van der Waals surface area (Å²) < 4.78 is 0. The average Bonchev–Trinajstić information content (AvgIpc) is 3.10. The molecule has 3 rings (SSSR count). The van der Waals surface area contributed by atoms with Gasteiger partial charge in [0.05, 0.1) is 6.04 Å². The number of nitrogens with zero attached hydrogens (tertiary/aromatic N) is 1. The van der Waals surface area contributed by atoms with E-state index in [0.717, 1.165) is 22.9 Å². The Kier molecular flexibility index (Phi) is 5.04. The molecule has 1 heterocycles. The fourth-order valence-electron chi connectivity index (χ4n) is 3.27. The largest absolute Gasteiger partial charge is 0.329 e. The number of rotatable bonds is 4. The fourth-order valence-corrected chi connectivity index (χ4v) is 3.27. The quantitative estimate of drug-likeness (QED) is 0.899. The number of carbonyl (C=O) groups is 2. The molecule has 0 unspecified atom stereocenters. The Morgan fingerprint density at radius 2 is 1.88 bits per heavy atom. The van der Waals surface area contributed by atoms with Crippen molar-refractivity contribution in [2.75, 3.05) is 11.9 Å². The van der Waals surface area contributed by atoms with E-state index < -0.39 is 12.1 Å². The summed E-state index contributed by atoms with van der Waals surface area (Å²) in [5.74, 6) is -0.222. The second kappa shape index (κ2) is 7.23. The minimum Gasteiger partial charge on any atom is -0.329 e. The number of nitrogens with one attached hydrogen (secondary N) is 1. The second-order valence-electron chi connectivity index (χ2n) is 7.01. The Balaban J connectivity index is 1.73. The maximum absolute atomic E-state index is 12.7. The smallest absolute Gasteiger partial charge is 0.247 e. The molecule has 5 heteroatoms. The van der Waals surface area contributed by atoms with Crippen LogP contribution in [-0.2, 0) is 9.59 Å². The number of hydrogen-bond acceptors (Lipinski definition) is 3. The van der Waals surface area contributed by atoms with Crippen molar-refractivity contribution in [1.29, 1.82) is 0 Å². The topological polar surface area (TPSA) is 75.4 Å². The van der Waals surface area contributed by atoms with Gasteiger partial charge >= 0.3 is 0 Å². The van der Waals surface area contributed by atoms with Gasteiger partial charge in [-0.05, 0) is 41.7 Å². The lowest BCUT2D eigenvalue weighted by Crippen LogP contribution is -2.51. The molecular weight excluding hydrogens is 314 g/mol. The highest BCUT2D eigenvalue weighted by Crippen LogP contribution is 2.23. The van der Waals surface area contributed by atoms with Crippen molar-refractivity contribution in [2.24, 2.45) is 11.7 Å². The van der Waals surface area contributed by atoms with Crippen molar-refractivity contribution in [1.82, 2.24) is 4.90 Å². The number of amides is 2. The van der Waals surface area contributed by atoms with E-state index in [1.165, 1.54) is 0 Å². The summed E-state index contributed by atoms with van der Waals surface area (Å²) in [6.07, 6.45) is 1.50. The van der Waals surface area contributed by atoms with Crippen LogP contribution < -0.4 is 11.1 Å². The van der Waals surface area contributed by atoms with Crippen LogP contribution in [0, 0.1) is 5.92 Å². The molecule has 0 bridgehead atoms. The summed E-state index contributed by atoms with van der Waals surface area (Å²) in [5.41, 5.74) is 6.74. The number of carbonyl (C=O) groups excluding carboxylic acids is 2. The van der Waals surface area contributed by atoms with E-state index in [2.05, 4.69) is 5.32 Å². The van der Waals surface area contributed by atoms with Crippen molar-refractivity contribution in [3.05, 3.63) is 42.5 Å². The predicted molar refractivity (Wildman–Crippen MR) is 100 cm³/mol. The predicted octanol–water partition coefficient (Wildman–Crippen LogP) is 2.75. The van der Waals surface area contributed by atoms with E-state index in [9.17, 15) is 9.59 Å². The number of nitrogens with two attached hydrogens (primary N) is 1. The second-order valence-corrected chi connectivity index (χ2v) is 7.01. The van der Waals surface area contributed by atoms with Gasteiger partial charge in [-0.2, -0.15) is 0 Å². The Bertz CT molecular complexity index is 787. The molecule has 0 spiro atoms. The summed E-state index contributed by atoms with van der Waals surface area (Å²) in [6, 6.07) is 12.8. The third kappa shape index (κ3) is 3.66. The molecular formula is C20H25N3O2. The zero-order chi connectivity index (χ0) is 18.0. The summed E-state index contributed by atoms with van der Waals surface area (Å²) >= 11 is 0. The van der Waals surface area contributed by atoms with E-state index in [0.29, 0.717) is 13.0 Å². The Labute approximate surface area is 148 Å². The number of hydrogen-bond donors (Lipinski definition) is 2. The summed E-state index contributed by atoms with van der Waals surface area (Å²) in [7, 11) is 0. The molecule has 1 aliphatic heterocycles. The summed E-state index contributed by atoms with van der Waals surface area (Å²) in [6.45, 7) is 4.43. The molecule has 2 amide bonds. The van der Waals surface area contributed by atoms with Crippen LogP contribution in [0.15, 0.2) is 42.5 Å². The molecule has 2 aromatic carbocycles. The maximum atomic E-state index is 12.7. The highest BCUT2D eigenvalue weighted by Gasteiger charge is 2.36. The van der Waals surface area contributed by atoms with E-state index in [1.54, 1.807) is 4.90 Å². The van der Waals surface area contributed by atoms with Crippen molar-refractivity contribution in [3.63, 3.8) is 0 Å². The van der Waals surface area contributed by atoms with E-state index in [-0.39, 0.29) is 17.7 Å². The van der Waals surface area contributed by atoms with Crippen LogP contribution in [0.3, 0.4) is 0 Å². The van der Waals surface area contributed by atoms with Crippen molar-refractivity contribution in [3.8, 4) is 0 Å². The minimum atomic E-state index is -0.561. The van der Waals surface area contributed by atoms with Gasteiger partial charge in [-0.1, -0.05) is 44.2 Å². The molecule has 25 heavy (non-hydrogen) atoms. The van der Waals surface area contributed by atoms with Gasteiger partial charge in [-0.3, -0.25) is 9.59 Å². The standard InChI is InChI=1S/C20H25N3O2/c1-13(2)18(21)20(25)23-11-5-8-17(23)19(24)22-16-10-9-14-6-3-4-7-15(14)12-16/h3-4,6-7,9-10,12-13,17-18H,5,8,11,21H2,1-2H3,(H,22,24)/t17-,18-/m0/s1. The average molecular weight is 339 g/mol. The van der Waals surface area contributed by atoms with Crippen molar-refractivity contribution in [2.45, 2.75) is 38.8 Å². The van der Waals surface area contributed by atoms with Crippen molar-refractivity contribution >= 4 is 28.3 Å². The zero-order valence-corrected chi connectivity index (χ0v) is 14.7. The van der Waals surface area contributed by atoms with Gasteiger partial charge in [0.15, 0.2) is 0 Å². The van der Waals surface area contributed by atoms with Crippen molar-refractivity contribution < 1.29 is 9.59 Å². The van der Waals surface area contributed by atoms with Gasteiger partial charge in [0.2, 0.25) is 11.8 Å². The van der Waals surface area contributed by atoms with E-state index in [4.69, 9.17) is 5.73 Å². The van der Waals surface area contributed by atoms with Crippen LogP contribution in [-0.4, -0.2) is 35.3 Å². The molecule has 3 N–H and O–H groups in total. The first-order valence-corrected chi connectivity index (χ1v) is 8.83. The normalized spacial score (nSPS) is 18.6. The lowest BCUT2D eigenvalue weighted by molar-refractivity contribution is -0.138. The molecule has 1 saturated heterocycles. The molecule has 132 valence electrons. The lowest BCUT2D eigenvalue weighted by atomic mass is 10.0. The van der Waals surface area contributed by atoms with E-state index >= 15 is 0 Å². The molecule has 2 atom stereocenters. The first kappa shape index (κ1) is 17.4. The highest BCUT2D eigenvalue weighted by atomic mass is 16.2. The Morgan fingerprint density at radius 3 is 2.60 bits per heavy atom. The van der Waals surface area contributed by atoms with Gasteiger partial charge < -0.3 is 16.0 Å². The van der Waals surface area contributed by atoms with Gasteiger partial charge in [0.25, 0.3) is 0 Å². The lowest BCUT2D eigenvalue weighted by Gasteiger charge is -2.28. The van der Waals surface area contributed by atoms with Crippen LogP contribution in [0.5, 0.6) is 0 Å². The molecule has 0 saturated carbocycles. The number of anilines is 1. The first-order chi connectivity index (χ1) is 12.0. The van der Waals surface area contributed by atoms with Gasteiger partial charge in [-0.15, -0.1) is 0 Å². The number of likely N-dealkylation sites (tertiary alicyclic amines) is 1. The summed E-state index contributed by atoms with van der Waals surface area (Å²) in [4.78, 5) is 26.9. The molecule has 2 aromatic rings. The Hall–Kier alpha value is -2.40. The SMILES string of the molecule is CC(C)[C@H](N)C(=O)N1CCC[C@H]1C(=O)Nc1ccc2ccccc2c1. The van der Waals surface area contributed by atoms with Crippen LogP contribution in [0.2, 0.25) is 0 Å². The zero-order valence-electron chi connectivity index (χ0n) is 14.7.